The van der Waals surface area contributed by atoms with Crippen LogP contribution >= 0.6 is 0 Å². The number of nitrogens with two attached hydrogens (primary N) is 2. The number of aromatic amines is 1. The van der Waals surface area contributed by atoms with Crippen LogP contribution in [0.15, 0.2) is 48.5 Å². The van der Waals surface area contributed by atoms with Gasteiger partial charge in [-0.1, -0.05) is 36.4 Å². The van der Waals surface area contributed by atoms with Gasteiger partial charge in [0.2, 0.25) is 10.0 Å². The first-order chi connectivity index (χ1) is 14.3. The quantitative estimate of drug-likeness (QED) is 0.582. The highest BCUT2D eigenvalue weighted by Crippen LogP contribution is 2.35. The molecule has 1 aromatic heterocycles. The normalized spacial score (nSPS) is 15.3. The van der Waals surface area contributed by atoms with E-state index in [0.29, 0.717) is 37.1 Å². The van der Waals surface area contributed by atoms with Crippen LogP contribution in [0, 0.1) is 0 Å². The van der Waals surface area contributed by atoms with Crippen LogP contribution < -0.4 is 11.5 Å². The Labute approximate surface area is 175 Å². The fourth-order valence-electron chi connectivity index (χ4n) is 3.99. The van der Waals surface area contributed by atoms with Gasteiger partial charge in [0.1, 0.15) is 0 Å². The summed E-state index contributed by atoms with van der Waals surface area (Å²) < 4.78 is 25.0. The minimum absolute atomic E-state index is 0.328. The first-order valence-electron chi connectivity index (χ1n) is 9.68. The van der Waals surface area contributed by atoms with Gasteiger partial charge in [0.25, 0.3) is 5.91 Å². The van der Waals surface area contributed by atoms with Gasteiger partial charge in [-0.2, -0.15) is 4.31 Å². The molecule has 0 saturated heterocycles. The molecular weight excluding hydrogens is 400 g/mol. The van der Waals surface area contributed by atoms with Crippen molar-refractivity contribution >= 4 is 32.4 Å². The van der Waals surface area contributed by atoms with E-state index in [0.717, 1.165) is 33.3 Å². The van der Waals surface area contributed by atoms with Crippen molar-refractivity contribution in [3.05, 3.63) is 65.4 Å². The maximum Gasteiger partial charge on any atom is 0.250 e. The number of sulfonamides is 1. The lowest BCUT2D eigenvalue weighted by molar-refractivity contribution is 0.100. The summed E-state index contributed by atoms with van der Waals surface area (Å²) in [6.07, 6.45) is 3.71. The van der Waals surface area contributed by atoms with Crippen LogP contribution in [0.4, 0.5) is 0 Å². The average Bonchev–Trinajstić information content (AvgIpc) is 3.17. The highest BCUT2D eigenvalue weighted by molar-refractivity contribution is 7.88. The number of primary amides is 1. The maximum absolute atomic E-state index is 12.0. The second kappa shape index (κ2) is 7.71. The fraction of sp³-hybridized carbons (Fsp3) is 0.227. The summed E-state index contributed by atoms with van der Waals surface area (Å²) in [6.45, 7) is 1.15. The van der Waals surface area contributed by atoms with Gasteiger partial charge >= 0.3 is 0 Å². The lowest BCUT2D eigenvalue weighted by Crippen LogP contribution is -2.33. The number of benzene rings is 2. The van der Waals surface area contributed by atoms with E-state index in [9.17, 15) is 13.2 Å². The van der Waals surface area contributed by atoms with E-state index in [-0.39, 0.29) is 0 Å². The Kier molecular flexibility index (Phi) is 5.23. The van der Waals surface area contributed by atoms with Crippen molar-refractivity contribution in [1.82, 2.24) is 9.29 Å². The van der Waals surface area contributed by atoms with Gasteiger partial charge in [-0.25, -0.2) is 8.42 Å². The van der Waals surface area contributed by atoms with Gasteiger partial charge in [-0.3, -0.25) is 4.79 Å². The second-order valence-electron chi connectivity index (χ2n) is 7.46. The number of carbonyl (C=O) groups excluding carboxylic acids is 1. The zero-order chi connectivity index (χ0) is 21.5. The van der Waals surface area contributed by atoms with Crippen molar-refractivity contribution in [1.29, 1.82) is 0 Å². The maximum atomic E-state index is 12.0. The van der Waals surface area contributed by atoms with Gasteiger partial charge in [0.15, 0.2) is 0 Å². The zero-order valence-electron chi connectivity index (χ0n) is 16.7. The van der Waals surface area contributed by atoms with E-state index in [4.69, 9.17) is 11.5 Å². The van der Waals surface area contributed by atoms with Gasteiger partial charge in [0.05, 0.1) is 17.3 Å². The van der Waals surface area contributed by atoms with E-state index < -0.39 is 15.9 Å². The van der Waals surface area contributed by atoms with Crippen LogP contribution in [0.3, 0.4) is 0 Å². The van der Waals surface area contributed by atoms with Crippen molar-refractivity contribution in [3.8, 4) is 11.1 Å². The van der Waals surface area contributed by atoms with E-state index in [1.165, 1.54) is 10.6 Å². The molecule has 2 heterocycles. The number of hydrogen-bond acceptors (Lipinski definition) is 4. The predicted molar refractivity (Wildman–Crippen MR) is 119 cm³/mol. The average molecular weight is 425 g/mol. The Bertz CT molecular complexity index is 1270. The SMILES string of the molecule is CS(=O)(=O)N1CC=C(c2cc3c(-c4ccccc4CN)ccc(C(N)=O)c3[nH]2)CC1. The molecule has 5 N–H and O–H groups in total. The standard InChI is InChI=1S/C22H24N4O3S/c1-30(28,29)26-10-8-14(9-11-26)20-12-19-17(16-5-3-2-4-15(16)13-23)6-7-18(22(24)27)21(19)25-20/h2-8,12,25H,9-11,13,23H2,1H3,(H2,24,27). The Balaban J connectivity index is 1.86. The summed E-state index contributed by atoms with van der Waals surface area (Å²) in [6, 6.07) is 13.5. The molecule has 7 nitrogen and oxygen atoms in total. The number of nitrogens with zero attached hydrogens (tertiary/aromatic N) is 1. The van der Waals surface area contributed by atoms with Crippen LogP contribution in [0.2, 0.25) is 0 Å². The van der Waals surface area contributed by atoms with Crippen molar-refractivity contribution in [2.24, 2.45) is 11.5 Å². The Hall–Kier alpha value is -2.94. The highest BCUT2D eigenvalue weighted by atomic mass is 32.2. The third-order valence-corrected chi connectivity index (χ3v) is 6.84. The van der Waals surface area contributed by atoms with Gasteiger partial charge in [-0.05, 0) is 40.8 Å². The monoisotopic (exact) mass is 424 g/mol. The molecule has 3 aromatic rings. The van der Waals surface area contributed by atoms with Gasteiger partial charge in [-0.15, -0.1) is 0 Å². The summed E-state index contributed by atoms with van der Waals surface area (Å²) in [5.74, 6) is -0.507. The molecule has 4 rings (SSSR count). The number of fused-ring (bicyclic) bond motifs is 1. The van der Waals surface area contributed by atoms with Crippen molar-refractivity contribution in [2.45, 2.75) is 13.0 Å². The lowest BCUT2D eigenvalue weighted by Gasteiger charge is -2.23. The van der Waals surface area contributed by atoms with Crippen molar-refractivity contribution in [2.75, 3.05) is 19.3 Å². The van der Waals surface area contributed by atoms with Crippen LogP contribution in [0.1, 0.15) is 28.0 Å². The molecule has 0 unspecified atom stereocenters. The first-order valence-corrected chi connectivity index (χ1v) is 11.5. The number of aromatic nitrogens is 1. The van der Waals surface area contributed by atoms with Crippen molar-refractivity contribution < 1.29 is 13.2 Å². The molecule has 0 saturated carbocycles. The van der Waals surface area contributed by atoms with Gasteiger partial charge < -0.3 is 16.5 Å². The molecule has 0 radical (unpaired) electrons. The minimum atomic E-state index is -3.22. The third kappa shape index (κ3) is 3.65. The predicted octanol–water partition coefficient (Wildman–Crippen LogP) is 2.44. The highest BCUT2D eigenvalue weighted by Gasteiger charge is 2.22. The number of nitrogens with one attached hydrogen (secondary N) is 1. The molecule has 8 heteroatoms. The Morgan fingerprint density at radius 3 is 2.57 bits per heavy atom. The summed E-state index contributed by atoms with van der Waals surface area (Å²) in [4.78, 5) is 15.4. The number of hydrogen-bond donors (Lipinski definition) is 3. The van der Waals surface area contributed by atoms with Crippen LogP contribution in [0.5, 0.6) is 0 Å². The number of rotatable bonds is 5. The molecule has 1 aliphatic rings. The summed E-state index contributed by atoms with van der Waals surface area (Å²) in [5.41, 5.74) is 17.5. The van der Waals surface area contributed by atoms with E-state index in [2.05, 4.69) is 4.98 Å². The van der Waals surface area contributed by atoms with Crippen LogP contribution in [-0.4, -0.2) is 43.0 Å². The van der Waals surface area contributed by atoms with Crippen LogP contribution in [-0.2, 0) is 16.6 Å². The van der Waals surface area contributed by atoms with Crippen molar-refractivity contribution in [3.63, 3.8) is 0 Å². The molecule has 0 fully saturated rings. The number of amides is 1. The first kappa shape index (κ1) is 20.3. The smallest absolute Gasteiger partial charge is 0.250 e. The van der Waals surface area contributed by atoms with Gasteiger partial charge in [0, 0.05) is 30.7 Å². The largest absolute Gasteiger partial charge is 0.366 e. The molecule has 1 aliphatic heterocycles. The second-order valence-corrected chi connectivity index (χ2v) is 9.44. The Morgan fingerprint density at radius 1 is 1.17 bits per heavy atom. The number of carbonyl (C=O) groups is 1. The Morgan fingerprint density at radius 2 is 1.93 bits per heavy atom. The molecule has 30 heavy (non-hydrogen) atoms. The molecule has 0 atom stereocenters. The summed E-state index contributed by atoms with van der Waals surface area (Å²) >= 11 is 0. The minimum Gasteiger partial charge on any atom is -0.366 e. The molecule has 156 valence electrons. The molecule has 0 aliphatic carbocycles. The molecule has 1 amide bonds. The third-order valence-electron chi connectivity index (χ3n) is 5.57. The van der Waals surface area contributed by atoms with E-state index in [1.807, 2.05) is 42.5 Å². The lowest BCUT2D eigenvalue weighted by atomic mass is 9.95. The fourth-order valence-corrected chi connectivity index (χ4v) is 4.76. The summed E-state index contributed by atoms with van der Waals surface area (Å²) in [7, 11) is -3.22. The van der Waals surface area contributed by atoms with E-state index >= 15 is 0 Å². The van der Waals surface area contributed by atoms with E-state index in [1.54, 1.807) is 6.07 Å². The molecule has 0 spiro atoms. The molecule has 2 aromatic carbocycles. The summed E-state index contributed by atoms with van der Waals surface area (Å²) in [5, 5.41) is 0.883. The number of H-pyrrole nitrogens is 1. The molecular formula is C22H24N4O3S. The van der Waals surface area contributed by atoms with Crippen LogP contribution in [0.25, 0.3) is 27.6 Å². The molecule has 0 bridgehead atoms. The zero-order valence-corrected chi connectivity index (χ0v) is 17.5. The topological polar surface area (TPSA) is 122 Å².